The Morgan fingerprint density at radius 3 is 2.40 bits per heavy atom. The molecule has 2 N–H and O–H groups in total. The molecule has 0 aliphatic carbocycles. The second kappa shape index (κ2) is 7.29. The minimum atomic E-state index is -0.171. The molecule has 0 saturated carbocycles. The molecule has 1 aromatic rings. The smallest absolute Gasteiger partial charge is 0.275 e. The fourth-order valence-electron chi connectivity index (χ4n) is 1.80. The number of nitrogens with one attached hydrogen (secondary N) is 2. The largest absolute Gasteiger partial charge is 0.488 e. The highest BCUT2D eigenvalue weighted by atomic mass is 16.5. The van der Waals surface area contributed by atoms with Crippen LogP contribution >= 0.6 is 0 Å². The molecular formula is C16H27N2O2+. The van der Waals surface area contributed by atoms with Crippen molar-refractivity contribution < 1.29 is 14.4 Å². The van der Waals surface area contributed by atoms with Gasteiger partial charge < -0.3 is 15.0 Å². The first kappa shape index (κ1) is 16.5. The van der Waals surface area contributed by atoms with E-state index in [1.807, 2.05) is 52.1 Å². The first-order valence-electron chi connectivity index (χ1n) is 7.08. The van der Waals surface area contributed by atoms with Crippen LogP contribution in [0.1, 0.15) is 26.3 Å². The molecule has 1 amide bonds. The maximum Gasteiger partial charge on any atom is 0.275 e. The van der Waals surface area contributed by atoms with Gasteiger partial charge in [-0.3, -0.25) is 4.79 Å². The molecule has 1 atom stereocenters. The van der Waals surface area contributed by atoms with Crippen LogP contribution in [0.4, 0.5) is 0 Å². The Hall–Kier alpha value is -1.55. The zero-order valence-electron chi connectivity index (χ0n) is 13.2. The zero-order chi connectivity index (χ0) is 15.2. The number of likely N-dealkylation sites (N-methyl/N-ethyl adjacent to an activating group) is 1. The van der Waals surface area contributed by atoms with E-state index in [1.54, 1.807) is 0 Å². The number of quaternary nitrogens is 1. The predicted molar refractivity (Wildman–Crippen MR) is 81.2 cm³/mol. The summed E-state index contributed by atoms with van der Waals surface area (Å²) >= 11 is 0. The van der Waals surface area contributed by atoms with Gasteiger partial charge in [-0.15, -0.1) is 0 Å². The predicted octanol–water partition coefficient (Wildman–Crippen LogP) is 0.803. The summed E-state index contributed by atoms with van der Waals surface area (Å²) in [7, 11) is 2.00. The number of carbonyl (C=O) groups excluding carboxylic acids is 1. The first-order valence-corrected chi connectivity index (χ1v) is 7.08. The highest BCUT2D eigenvalue weighted by Crippen LogP contribution is 2.10. The van der Waals surface area contributed by atoms with E-state index in [2.05, 4.69) is 12.2 Å². The van der Waals surface area contributed by atoms with Crippen molar-refractivity contribution in [1.82, 2.24) is 5.32 Å². The van der Waals surface area contributed by atoms with Crippen molar-refractivity contribution in [3.05, 3.63) is 29.8 Å². The number of carbonyl (C=O) groups is 1. The van der Waals surface area contributed by atoms with E-state index in [0.717, 1.165) is 17.2 Å². The van der Waals surface area contributed by atoms with E-state index in [-0.39, 0.29) is 11.4 Å². The fourth-order valence-corrected chi connectivity index (χ4v) is 1.80. The lowest BCUT2D eigenvalue weighted by Gasteiger charge is -2.22. The number of benzene rings is 1. The van der Waals surface area contributed by atoms with Crippen LogP contribution in [-0.4, -0.2) is 38.2 Å². The SMILES string of the molecule is Cc1ccc(OCC[NH+](C)CC(=O)NC(C)(C)C)cc1. The molecule has 20 heavy (non-hydrogen) atoms. The number of hydrogen-bond donors (Lipinski definition) is 2. The third-order valence-corrected chi connectivity index (χ3v) is 2.80. The Morgan fingerprint density at radius 2 is 1.85 bits per heavy atom. The molecular weight excluding hydrogens is 252 g/mol. The normalized spacial score (nSPS) is 12.8. The third-order valence-electron chi connectivity index (χ3n) is 2.80. The third kappa shape index (κ3) is 7.14. The van der Waals surface area contributed by atoms with Crippen LogP contribution in [0.5, 0.6) is 5.75 Å². The molecule has 0 fully saturated rings. The van der Waals surface area contributed by atoms with E-state index in [4.69, 9.17) is 4.74 Å². The average Bonchev–Trinajstić information content (AvgIpc) is 2.29. The second-order valence-corrected chi connectivity index (χ2v) is 6.34. The molecule has 4 heteroatoms. The van der Waals surface area contributed by atoms with Crippen molar-refractivity contribution in [2.75, 3.05) is 26.7 Å². The lowest BCUT2D eigenvalue weighted by molar-refractivity contribution is -0.871. The molecule has 4 nitrogen and oxygen atoms in total. The lowest BCUT2D eigenvalue weighted by Crippen LogP contribution is -3.11. The monoisotopic (exact) mass is 279 g/mol. The minimum Gasteiger partial charge on any atom is -0.488 e. The van der Waals surface area contributed by atoms with E-state index >= 15 is 0 Å². The Kier molecular flexibility index (Phi) is 6.02. The molecule has 0 heterocycles. The molecule has 0 aliphatic rings. The number of aryl methyl sites for hydroxylation is 1. The lowest BCUT2D eigenvalue weighted by atomic mass is 10.1. The van der Waals surface area contributed by atoms with E-state index in [1.165, 1.54) is 5.56 Å². The van der Waals surface area contributed by atoms with Crippen molar-refractivity contribution in [3.8, 4) is 5.75 Å². The van der Waals surface area contributed by atoms with Crippen LogP contribution in [0, 0.1) is 6.92 Å². The Balaban J connectivity index is 2.24. The minimum absolute atomic E-state index is 0.0744. The molecule has 0 saturated heterocycles. The van der Waals surface area contributed by atoms with E-state index < -0.39 is 0 Å². The van der Waals surface area contributed by atoms with Gasteiger partial charge in [-0.25, -0.2) is 0 Å². The number of ether oxygens (including phenoxy) is 1. The van der Waals surface area contributed by atoms with Gasteiger partial charge >= 0.3 is 0 Å². The summed E-state index contributed by atoms with van der Waals surface area (Å²) in [5.41, 5.74) is 1.05. The summed E-state index contributed by atoms with van der Waals surface area (Å²) < 4.78 is 5.66. The van der Waals surface area contributed by atoms with Crippen LogP contribution in [0.15, 0.2) is 24.3 Å². The van der Waals surface area contributed by atoms with Crippen LogP contribution < -0.4 is 15.0 Å². The standard InChI is InChI=1S/C16H26N2O2/c1-13-6-8-14(9-7-13)20-11-10-18(5)12-15(19)17-16(2,3)4/h6-9H,10-12H2,1-5H3,(H,17,19)/p+1. The van der Waals surface area contributed by atoms with Crippen LogP contribution in [0.2, 0.25) is 0 Å². The average molecular weight is 279 g/mol. The molecule has 112 valence electrons. The summed E-state index contributed by atoms with van der Waals surface area (Å²) in [5.74, 6) is 0.952. The maximum absolute atomic E-state index is 11.8. The summed E-state index contributed by atoms with van der Waals surface area (Å²) in [6.45, 7) is 9.88. The molecule has 0 bridgehead atoms. The summed E-state index contributed by atoms with van der Waals surface area (Å²) in [5, 5.41) is 2.96. The van der Waals surface area contributed by atoms with Crippen molar-refractivity contribution >= 4 is 5.91 Å². The number of rotatable bonds is 6. The van der Waals surface area contributed by atoms with Crippen LogP contribution in [0.25, 0.3) is 0 Å². The topological polar surface area (TPSA) is 42.8 Å². The summed E-state index contributed by atoms with van der Waals surface area (Å²) in [4.78, 5) is 12.9. The highest BCUT2D eigenvalue weighted by Gasteiger charge is 2.16. The fraction of sp³-hybridized carbons (Fsp3) is 0.562. The molecule has 1 unspecified atom stereocenters. The highest BCUT2D eigenvalue weighted by molar-refractivity contribution is 5.77. The Labute approximate surface area is 122 Å². The summed E-state index contributed by atoms with van der Waals surface area (Å²) in [6.07, 6.45) is 0. The number of amides is 1. The molecule has 1 rings (SSSR count). The van der Waals surface area contributed by atoms with Gasteiger partial charge in [0.25, 0.3) is 5.91 Å². The second-order valence-electron chi connectivity index (χ2n) is 6.34. The van der Waals surface area contributed by atoms with Crippen LogP contribution in [0.3, 0.4) is 0 Å². The first-order chi connectivity index (χ1) is 9.26. The van der Waals surface area contributed by atoms with Crippen LogP contribution in [-0.2, 0) is 4.79 Å². The van der Waals surface area contributed by atoms with Crippen molar-refractivity contribution in [3.63, 3.8) is 0 Å². The molecule has 0 spiro atoms. The van der Waals surface area contributed by atoms with Gasteiger partial charge in [0.1, 0.15) is 18.9 Å². The van der Waals surface area contributed by atoms with Gasteiger partial charge in [-0.2, -0.15) is 0 Å². The zero-order valence-corrected chi connectivity index (χ0v) is 13.2. The molecule has 0 radical (unpaired) electrons. The van der Waals surface area contributed by atoms with Gasteiger partial charge in [-0.05, 0) is 39.8 Å². The maximum atomic E-state index is 11.8. The van der Waals surface area contributed by atoms with Crippen molar-refractivity contribution in [2.24, 2.45) is 0 Å². The van der Waals surface area contributed by atoms with E-state index in [0.29, 0.717) is 13.2 Å². The number of hydrogen-bond acceptors (Lipinski definition) is 2. The Bertz CT molecular complexity index is 421. The van der Waals surface area contributed by atoms with Crippen molar-refractivity contribution in [2.45, 2.75) is 33.2 Å². The summed E-state index contributed by atoms with van der Waals surface area (Å²) in [6, 6.07) is 8.00. The van der Waals surface area contributed by atoms with Gasteiger partial charge in [0, 0.05) is 5.54 Å². The van der Waals surface area contributed by atoms with Gasteiger partial charge in [0.05, 0.1) is 7.05 Å². The molecule has 1 aromatic carbocycles. The van der Waals surface area contributed by atoms with E-state index in [9.17, 15) is 4.79 Å². The molecule has 0 aromatic heterocycles. The van der Waals surface area contributed by atoms with Gasteiger partial charge in [0.2, 0.25) is 0 Å². The Morgan fingerprint density at radius 1 is 1.25 bits per heavy atom. The van der Waals surface area contributed by atoms with Gasteiger partial charge in [-0.1, -0.05) is 17.7 Å². The molecule has 0 aliphatic heterocycles. The van der Waals surface area contributed by atoms with Crippen molar-refractivity contribution in [1.29, 1.82) is 0 Å². The van der Waals surface area contributed by atoms with Gasteiger partial charge in [0.15, 0.2) is 6.54 Å². The quantitative estimate of drug-likeness (QED) is 0.809.